The van der Waals surface area contributed by atoms with Gasteiger partial charge in [-0.25, -0.2) is 4.79 Å². The first kappa shape index (κ1) is 17.9. The fourth-order valence-electron chi connectivity index (χ4n) is 3.26. The molecule has 26 heavy (non-hydrogen) atoms. The number of nitrogens with one attached hydrogen (secondary N) is 1. The van der Waals surface area contributed by atoms with Crippen molar-refractivity contribution in [2.24, 2.45) is 0 Å². The summed E-state index contributed by atoms with van der Waals surface area (Å²) >= 11 is 0. The Balaban J connectivity index is 1.57. The number of methoxy groups -OCH3 is 1. The lowest BCUT2D eigenvalue weighted by Crippen LogP contribution is -3.13. The number of nitro benzene ring substituents is 1. The third kappa shape index (κ3) is 4.18. The summed E-state index contributed by atoms with van der Waals surface area (Å²) in [5.41, 5.74) is 2.83. The Morgan fingerprint density at radius 1 is 1.19 bits per heavy atom. The molecular formula is C19H22N3O4+. The van der Waals surface area contributed by atoms with Crippen LogP contribution in [0.15, 0.2) is 48.5 Å². The number of hydrogen-bond donors (Lipinski definition) is 1. The molecule has 0 spiro atoms. The maximum atomic E-state index is 11.6. The van der Waals surface area contributed by atoms with E-state index in [1.54, 1.807) is 18.2 Å². The number of quaternary nitrogens is 1. The lowest BCUT2D eigenvalue weighted by atomic mass is 10.1. The number of nitro groups is 1. The van der Waals surface area contributed by atoms with Crippen LogP contribution in [0.4, 0.5) is 11.4 Å². The molecule has 0 saturated carbocycles. The first-order valence-corrected chi connectivity index (χ1v) is 8.57. The number of carbonyl (C=O) groups excluding carboxylic acids is 1. The fourth-order valence-corrected chi connectivity index (χ4v) is 3.26. The smallest absolute Gasteiger partial charge is 0.337 e. The third-order valence-corrected chi connectivity index (χ3v) is 4.70. The molecule has 0 atom stereocenters. The van der Waals surface area contributed by atoms with E-state index in [1.165, 1.54) is 12.0 Å². The molecule has 1 aliphatic rings. The van der Waals surface area contributed by atoms with Crippen molar-refractivity contribution in [2.75, 3.05) is 38.2 Å². The van der Waals surface area contributed by atoms with Gasteiger partial charge >= 0.3 is 5.97 Å². The zero-order chi connectivity index (χ0) is 18.5. The highest BCUT2D eigenvalue weighted by Crippen LogP contribution is 2.19. The molecule has 0 amide bonds. The van der Waals surface area contributed by atoms with Crippen molar-refractivity contribution >= 4 is 17.3 Å². The van der Waals surface area contributed by atoms with Crippen molar-refractivity contribution in [1.29, 1.82) is 0 Å². The highest BCUT2D eigenvalue weighted by atomic mass is 16.6. The average molecular weight is 356 g/mol. The molecule has 3 rings (SSSR count). The van der Waals surface area contributed by atoms with Crippen molar-refractivity contribution in [3.8, 4) is 0 Å². The van der Waals surface area contributed by atoms with Gasteiger partial charge in [0.1, 0.15) is 6.54 Å². The molecule has 7 nitrogen and oxygen atoms in total. The van der Waals surface area contributed by atoms with Gasteiger partial charge in [0.25, 0.3) is 5.69 Å². The van der Waals surface area contributed by atoms with Gasteiger partial charge in [-0.15, -0.1) is 0 Å². The Morgan fingerprint density at radius 2 is 1.88 bits per heavy atom. The number of esters is 1. The second-order valence-corrected chi connectivity index (χ2v) is 6.38. The number of hydrogen-bond acceptors (Lipinski definition) is 5. The van der Waals surface area contributed by atoms with Gasteiger partial charge in [0.2, 0.25) is 0 Å². The van der Waals surface area contributed by atoms with E-state index in [2.05, 4.69) is 4.90 Å². The summed E-state index contributed by atoms with van der Waals surface area (Å²) in [6.07, 6.45) is 0. The largest absolute Gasteiger partial charge is 0.465 e. The van der Waals surface area contributed by atoms with Crippen molar-refractivity contribution in [3.63, 3.8) is 0 Å². The SMILES string of the molecule is COC(=O)c1cccc(C[NH+]2CCN(c3ccc([N+](=O)[O-])cc3)CC2)c1. The molecule has 0 aromatic heterocycles. The number of non-ortho nitro benzene ring substituents is 1. The molecule has 136 valence electrons. The fraction of sp³-hybridized carbons (Fsp3) is 0.316. The average Bonchev–Trinajstić information content (AvgIpc) is 2.68. The lowest BCUT2D eigenvalue weighted by Gasteiger charge is -2.33. The van der Waals surface area contributed by atoms with E-state index >= 15 is 0 Å². The van der Waals surface area contributed by atoms with Crippen molar-refractivity contribution in [1.82, 2.24) is 0 Å². The third-order valence-electron chi connectivity index (χ3n) is 4.70. The zero-order valence-corrected chi connectivity index (χ0v) is 14.7. The van der Waals surface area contributed by atoms with Gasteiger partial charge in [0, 0.05) is 23.4 Å². The van der Waals surface area contributed by atoms with E-state index in [-0.39, 0.29) is 16.6 Å². The van der Waals surface area contributed by atoms with E-state index < -0.39 is 0 Å². The van der Waals surface area contributed by atoms with Crippen LogP contribution in [0.1, 0.15) is 15.9 Å². The van der Waals surface area contributed by atoms with E-state index in [1.807, 2.05) is 30.3 Å². The van der Waals surface area contributed by atoms with Crippen LogP contribution >= 0.6 is 0 Å². The lowest BCUT2D eigenvalue weighted by molar-refractivity contribution is -0.914. The predicted molar refractivity (Wildman–Crippen MR) is 97.5 cm³/mol. The van der Waals surface area contributed by atoms with Crippen LogP contribution in [0.25, 0.3) is 0 Å². The maximum absolute atomic E-state index is 11.6. The number of piperazine rings is 1. The molecule has 0 radical (unpaired) electrons. The number of carbonyl (C=O) groups is 1. The summed E-state index contributed by atoms with van der Waals surface area (Å²) in [5, 5.41) is 10.8. The Morgan fingerprint density at radius 3 is 2.50 bits per heavy atom. The Labute approximate surface area is 151 Å². The Kier molecular flexibility index (Phi) is 5.48. The monoisotopic (exact) mass is 356 g/mol. The first-order valence-electron chi connectivity index (χ1n) is 8.57. The van der Waals surface area contributed by atoms with E-state index in [0.717, 1.165) is 44.0 Å². The molecule has 0 aliphatic carbocycles. The van der Waals surface area contributed by atoms with Gasteiger partial charge in [-0.3, -0.25) is 10.1 Å². The van der Waals surface area contributed by atoms with Crippen LogP contribution in [-0.2, 0) is 11.3 Å². The minimum Gasteiger partial charge on any atom is -0.465 e. The second kappa shape index (κ2) is 7.97. The topological polar surface area (TPSA) is 77.1 Å². The maximum Gasteiger partial charge on any atom is 0.337 e. The molecule has 1 heterocycles. The molecule has 0 unspecified atom stereocenters. The van der Waals surface area contributed by atoms with Crippen LogP contribution in [0.3, 0.4) is 0 Å². The van der Waals surface area contributed by atoms with Gasteiger partial charge in [0.15, 0.2) is 0 Å². The molecule has 2 aromatic rings. The minimum atomic E-state index is -0.381. The summed E-state index contributed by atoms with van der Waals surface area (Å²) in [6.45, 7) is 4.59. The normalized spacial score (nSPS) is 14.9. The van der Waals surface area contributed by atoms with Gasteiger partial charge in [-0.1, -0.05) is 12.1 Å². The standard InChI is InChI=1S/C19H21N3O4/c1-26-19(23)16-4-2-3-15(13-16)14-20-9-11-21(12-10-20)17-5-7-18(8-6-17)22(24)25/h2-8,13H,9-12,14H2,1H3/p+1. The van der Waals surface area contributed by atoms with E-state index in [0.29, 0.717) is 5.56 Å². The predicted octanol–water partition coefficient (Wildman–Crippen LogP) is 1.29. The van der Waals surface area contributed by atoms with Crippen molar-refractivity contribution < 1.29 is 19.4 Å². The molecule has 1 N–H and O–H groups in total. The summed E-state index contributed by atoms with van der Waals surface area (Å²) < 4.78 is 4.77. The molecule has 1 saturated heterocycles. The number of nitrogens with zero attached hydrogens (tertiary/aromatic N) is 2. The number of ether oxygens (including phenoxy) is 1. The van der Waals surface area contributed by atoms with Crippen LogP contribution in [-0.4, -0.2) is 44.2 Å². The van der Waals surface area contributed by atoms with Gasteiger partial charge in [-0.05, 0) is 24.3 Å². The van der Waals surface area contributed by atoms with Gasteiger partial charge < -0.3 is 14.5 Å². The Bertz CT molecular complexity index is 784. The summed E-state index contributed by atoms with van der Waals surface area (Å²) in [7, 11) is 1.39. The number of rotatable bonds is 5. The molecular weight excluding hydrogens is 334 g/mol. The van der Waals surface area contributed by atoms with Crippen LogP contribution < -0.4 is 9.80 Å². The summed E-state index contributed by atoms with van der Waals surface area (Å²) in [5.74, 6) is -0.315. The summed E-state index contributed by atoms with van der Waals surface area (Å²) in [6, 6.07) is 14.3. The first-order chi connectivity index (χ1) is 12.6. The van der Waals surface area contributed by atoms with Crippen LogP contribution in [0.5, 0.6) is 0 Å². The van der Waals surface area contributed by atoms with Crippen molar-refractivity contribution in [2.45, 2.75) is 6.54 Å². The number of anilines is 1. The van der Waals surface area contributed by atoms with Crippen LogP contribution in [0, 0.1) is 10.1 Å². The highest BCUT2D eigenvalue weighted by Gasteiger charge is 2.21. The zero-order valence-electron chi connectivity index (χ0n) is 14.7. The van der Waals surface area contributed by atoms with E-state index in [4.69, 9.17) is 4.74 Å². The highest BCUT2D eigenvalue weighted by molar-refractivity contribution is 5.89. The molecule has 1 fully saturated rings. The quantitative estimate of drug-likeness (QED) is 0.496. The van der Waals surface area contributed by atoms with E-state index in [9.17, 15) is 14.9 Å². The molecule has 7 heteroatoms. The summed E-state index contributed by atoms with van der Waals surface area (Å²) in [4.78, 5) is 25.7. The molecule has 2 aromatic carbocycles. The second-order valence-electron chi connectivity index (χ2n) is 6.38. The Hall–Kier alpha value is -2.93. The molecule has 0 bridgehead atoms. The van der Waals surface area contributed by atoms with Gasteiger partial charge in [-0.2, -0.15) is 0 Å². The minimum absolute atomic E-state index is 0.114. The van der Waals surface area contributed by atoms with Gasteiger partial charge in [0.05, 0.1) is 43.8 Å². The molecule has 1 aliphatic heterocycles. The van der Waals surface area contributed by atoms with Crippen molar-refractivity contribution in [3.05, 3.63) is 69.8 Å². The number of benzene rings is 2. The van der Waals surface area contributed by atoms with Crippen LogP contribution in [0.2, 0.25) is 0 Å².